The number of aromatic hydroxyl groups is 7. The van der Waals surface area contributed by atoms with Crippen molar-refractivity contribution in [2.75, 3.05) is 180 Å². The molecule has 1 atom stereocenters. The molecule has 9 aliphatic heterocycles. The molecule has 0 bridgehead atoms. The van der Waals surface area contributed by atoms with E-state index in [0.29, 0.717) is 183 Å². The van der Waals surface area contributed by atoms with Gasteiger partial charge in [-0.2, -0.15) is 23.2 Å². The number of nitrogens with one attached hydrogen (secondary N) is 1. The second kappa shape index (κ2) is 43.7. The molecule has 136 heavy (non-hydrogen) atoms. The highest BCUT2D eigenvalue weighted by Gasteiger charge is 2.47. The molecule has 8 N–H and O–H groups in total. The number of pyridine rings is 7. The summed E-state index contributed by atoms with van der Waals surface area (Å²) in [5, 5.41) is 85.1. The SMILES string of the molecule is CCN1CN(CCOC)C(=O)c2c(O)c(=O)c(C)cn21.CCN1CN([C@H](C)C(F)(F)F)C(=O)c2c(O)c(=O)c(C)cn21.CCN1Cn2cc(C)c(=O)c(O)c2C(=O)N1.COCCN1CN(C)n2cc(C)c(=O)c(O)c2C1=O.COCCN1CN(CC(C)C)n2cc(C)c(=O)c(O)c2C1=O.Cc1cn2c(c(O)c1=O)C(=O)N1CCCCN1C2.Cc1cn2c(c(O)c1=O)C(=O)N1CCOCCN1C2. The van der Waals surface area contributed by atoms with Crippen LogP contribution in [0.15, 0.2) is 76.9 Å². The first-order valence-corrected chi connectivity index (χ1v) is 43.7. The molecule has 49 heteroatoms. The lowest BCUT2D eigenvalue weighted by atomic mass is 10.1. The van der Waals surface area contributed by atoms with Crippen molar-refractivity contribution in [1.29, 1.82) is 0 Å². The molecule has 0 saturated carbocycles. The minimum absolute atomic E-state index is 0.000420. The maximum atomic E-state index is 12.9. The van der Waals surface area contributed by atoms with Crippen LogP contribution in [-0.2, 0) is 39.0 Å². The van der Waals surface area contributed by atoms with Gasteiger partial charge >= 0.3 is 6.18 Å². The normalized spacial score (nSPS) is 16.5. The van der Waals surface area contributed by atoms with Gasteiger partial charge in [0.1, 0.15) is 32.7 Å². The number of carbonyl (C=O) groups excluding carboxylic acids is 7. The molecule has 0 aromatic carbocycles. The zero-order valence-electron chi connectivity index (χ0n) is 78.9. The van der Waals surface area contributed by atoms with Gasteiger partial charge < -0.3 is 88.0 Å². The van der Waals surface area contributed by atoms with Crippen LogP contribution in [0.3, 0.4) is 0 Å². The van der Waals surface area contributed by atoms with Crippen molar-refractivity contribution in [2.45, 2.75) is 135 Å². The number of rotatable bonds is 15. The molecule has 9 aliphatic rings. The van der Waals surface area contributed by atoms with Crippen molar-refractivity contribution in [2.24, 2.45) is 5.92 Å². The van der Waals surface area contributed by atoms with Crippen LogP contribution in [0.5, 0.6) is 40.2 Å². The average molecular weight is 1920 g/mol. The molecule has 16 heterocycles. The zero-order chi connectivity index (χ0) is 101. The predicted octanol–water partition coefficient (Wildman–Crippen LogP) is 0.679. The van der Waals surface area contributed by atoms with Crippen molar-refractivity contribution < 1.29 is 101 Å². The Balaban J connectivity index is 0.000000164. The molecular formula is C87H118F3N21O25. The Labute approximate surface area is 777 Å². The van der Waals surface area contributed by atoms with E-state index in [4.69, 9.17) is 18.9 Å². The lowest BCUT2D eigenvalue weighted by Gasteiger charge is -2.43. The molecule has 2 saturated heterocycles. The van der Waals surface area contributed by atoms with Crippen molar-refractivity contribution >= 4 is 41.4 Å². The fraction of sp³-hybridized carbons (Fsp3) is 0.517. The number of hydrazine groups is 3. The second-order valence-corrected chi connectivity index (χ2v) is 33.6. The van der Waals surface area contributed by atoms with Gasteiger partial charge in [0.15, 0.2) is 80.1 Å². The van der Waals surface area contributed by atoms with Crippen molar-refractivity contribution in [1.82, 2.24) is 82.5 Å². The summed E-state index contributed by atoms with van der Waals surface area (Å²) in [7, 11) is 6.46. The summed E-state index contributed by atoms with van der Waals surface area (Å²) >= 11 is 0. The van der Waals surface area contributed by atoms with Gasteiger partial charge in [-0.15, -0.1) is 0 Å². The number of alkyl halides is 3. The summed E-state index contributed by atoms with van der Waals surface area (Å²) in [6.45, 7) is 32.2. The van der Waals surface area contributed by atoms with E-state index in [9.17, 15) is 116 Å². The summed E-state index contributed by atoms with van der Waals surface area (Å²) in [6.07, 6.45) is 8.36. The van der Waals surface area contributed by atoms with E-state index in [1.165, 1.54) is 37.4 Å². The number of halogens is 3. The summed E-state index contributed by atoms with van der Waals surface area (Å²) in [5.74, 6) is -6.51. The highest BCUT2D eigenvalue weighted by Crippen LogP contribution is 2.33. The van der Waals surface area contributed by atoms with Gasteiger partial charge in [-0.3, -0.25) is 121 Å². The van der Waals surface area contributed by atoms with E-state index in [0.717, 1.165) is 26.3 Å². The Bertz CT molecular complexity index is 6190. The summed E-state index contributed by atoms with van der Waals surface area (Å²) in [5.41, 5.74) is 1.38. The van der Waals surface area contributed by atoms with Gasteiger partial charge in [0.05, 0.1) is 59.6 Å². The fourth-order valence-corrected chi connectivity index (χ4v) is 16.0. The third kappa shape index (κ3) is 21.6. The lowest BCUT2D eigenvalue weighted by Crippen LogP contribution is -2.59. The molecule has 7 amide bonds. The smallest absolute Gasteiger partial charge is 0.408 e. The quantitative estimate of drug-likeness (QED) is 0.0699. The Morgan fingerprint density at radius 1 is 0.382 bits per heavy atom. The van der Waals surface area contributed by atoms with Crippen molar-refractivity contribution in [3.05, 3.63) is 194 Å². The van der Waals surface area contributed by atoms with Crippen LogP contribution < -0.4 is 63.5 Å². The maximum Gasteiger partial charge on any atom is 0.408 e. The van der Waals surface area contributed by atoms with Gasteiger partial charge in [-0.1, -0.05) is 20.8 Å². The monoisotopic (exact) mass is 1910 g/mol. The standard InChI is InChI=1S/C15H23N3O4.C13H16F3N3O3.C13H19N3O4.C12H15N3O4.C12H17N3O4.C12H15N3O3.C10H13N3O3/c1-10(2)7-17-9-16(5-6-22-4)15(21)12-14(20)13(19)11(3)8-18(12)17;1-4-17-6-18(8(3)13(14,15)16)12(22)9-11(21)10(20)7(2)5-19(9)17;1-4-15-8-14(5-6-20-3)13(19)10-12(18)11(17)9(2)7-16(10)15;1-8-6-13-7-14-2-4-19-5-3-15(14)12(18)9(13)11(17)10(8)16;1-8-6-15-9(11(17)10(8)16)12(18)14(4-5-19-3)7-13(15)2;1-8-6-13-7-14-4-2-3-5-15(14)12(18)9(13)11(17)10(8)16;1-3-13-5-12-4-6(2)8(14)9(15)7(12)10(16)11-13/h8,10,20H,5-7,9H2,1-4H3;5,8,21H,4,6H2,1-3H3;7,18H,4-6,8H2,1-3H3;6,17H,2-5,7H2,1H3;6,17H,4-5,7H2,1-3H3;6,17H,2-5,7H2,1H3;4,15H,3,5H2,1-2H3,(H,11,16)/t;8-;;;;;/m.1...../s1. The van der Waals surface area contributed by atoms with E-state index in [1.807, 2.05) is 33.9 Å². The van der Waals surface area contributed by atoms with Crippen LogP contribution in [-0.4, -0.2) is 326 Å². The van der Waals surface area contributed by atoms with Gasteiger partial charge in [-0.25, -0.2) is 5.01 Å². The predicted molar refractivity (Wildman–Crippen MR) is 485 cm³/mol. The third-order valence-corrected chi connectivity index (χ3v) is 23.5. The Morgan fingerprint density at radius 2 is 0.713 bits per heavy atom. The lowest BCUT2D eigenvalue weighted by molar-refractivity contribution is -0.173. The van der Waals surface area contributed by atoms with Crippen molar-refractivity contribution in [3.8, 4) is 40.2 Å². The van der Waals surface area contributed by atoms with Gasteiger partial charge in [0.25, 0.3) is 41.4 Å². The van der Waals surface area contributed by atoms with Crippen LogP contribution in [0.4, 0.5) is 13.2 Å². The Morgan fingerprint density at radius 3 is 1.12 bits per heavy atom. The molecule has 7 aromatic heterocycles. The van der Waals surface area contributed by atoms with E-state index < -0.39 is 108 Å². The highest BCUT2D eigenvalue weighted by molar-refractivity contribution is 6.00. The molecule has 46 nitrogen and oxygen atoms in total. The maximum absolute atomic E-state index is 12.9. The van der Waals surface area contributed by atoms with Gasteiger partial charge in [0.2, 0.25) is 38.0 Å². The first kappa shape index (κ1) is 104. The second-order valence-electron chi connectivity index (χ2n) is 33.6. The molecular weight excluding hydrogens is 1800 g/mol. The Hall–Kier alpha value is -13.8. The van der Waals surface area contributed by atoms with E-state index in [-0.39, 0.29) is 75.9 Å². The van der Waals surface area contributed by atoms with Gasteiger partial charge in [0, 0.05) is 176 Å². The minimum atomic E-state index is -4.60. The number of hydrogen-bond acceptors (Lipinski definition) is 32. The van der Waals surface area contributed by atoms with Crippen LogP contribution in [0.2, 0.25) is 0 Å². The number of hydrogen-bond donors (Lipinski definition) is 8. The number of methoxy groups -OCH3 is 3. The molecule has 2 fully saturated rings. The van der Waals surface area contributed by atoms with Crippen LogP contribution in [0.25, 0.3) is 0 Å². The largest absolute Gasteiger partial charge is 0.503 e. The first-order valence-electron chi connectivity index (χ1n) is 43.7. The van der Waals surface area contributed by atoms with Crippen molar-refractivity contribution in [3.63, 3.8) is 0 Å². The number of ether oxygens (including phenoxy) is 4. The van der Waals surface area contributed by atoms with Gasteiger partial charge in [-0.05, 0) is 88.0 Å². The molecule has 0 spiro atoms. The number of nitrogens with zero attached hydrogens (tertiary/aromatic N) is 20. The molecule has 16 rings (SSSR count). The third-order valence-electron chi connectivity index (χ3n) is 23.5. The molecule has 7 aromatic rings. The number of amides is 7. The molecule has 742 valence electrons. The van der Waals surface area contributed by atoms with Crippen LogP contribution >= 0.6 is 0 Å². The first-order chi connectivity index (χ1) is 64.2. The number of aryl methyl sites for hydroxylation is 7. The highest BCUT2D eigenvalue weighted by atomic mass is 19.4. The van der Waals surface area contributed by atoms with Crippen LogP contribution in [0.1, 0.15) is 167 Å². The average Bonchev–Trinajstić information content (AvgIpc) is 1.84. The van der Waals surface area contributed by atoms with E-state index in [1.54, 1.807) is 162 Å². The number of fused-ring (bicyclic) bond motifs is 9. The summed E-state index contributed by atoms with van der Waals surface area (Å²) in [4.78, 5) is 173. The Kier molecular flexibility index (Phi) is 33.5. The van der Waals surface area contributed by atoms with E-state index >= 15 is 0 Å². The molecule has 0 aliphatic carbocycles. The molecule has 0 unspecified atom stereocenters. The number of carbonyl (C=O) groups is 7. The molecule has 0 radical (unpaired) electrons. The minimum Gasteiger partial charge on any atom is -0.503 e. The summed E-state index contributed by atoms with van der Waals surface area (Å²) in [6, 6.07) is -2.03. The zero-order valence-corrected chi connectivity index (χ0v) is 78.9. The number of aromatic nitrogens is 7. The topological polar surface area (TPSA) is 506 Å². The summed E-state index contributed by atoms with van der Waals surface area (Å²) < 4.78 is 69.8. The van der Waals surface area contributed by atoms with Crippen LogP contribution in [0, 0.1) is 54.4 Å². The fourth-order valence-electron chi connectivity index (χ4n) is 16.0. The van der Waals surface area contributed by atoms with E-state index in [2.05, 4.69) is 19.3 Å².